The molecule has 8 heteroatoms. The Morgan fingerprint density at radius 3 is 2.55 bits per heavy atom. The molecule has 0 bridgehead atoms. The molecule has 0 aliphatic carbocycles. The monoisotopic (exact) mass is 410 g/mol. The maximum absolute atomic E-state index is 12.7. The number of pyridine rings is 1. The summed E-state index contributed by atoms with van der Waals surface area (Å²) in [5.41, 5.74) is 7.74. The Balaban J connectivity index is 1.43. The van der Waals surface area contributed by atoms with Gasteiger partial charge in [0.1, 0.15) is 5.03 Å². The van der Waals surface area contributed by atoms with Gasteiger partial charge in [-0.1, -0.05) is 23.9 Å². The van der Waals surface area contributed by atoms with Crippen LogP contribution >= 0.6 is 11.8 Å². The van der Waals surface area contributed by atoms with Crippen molar-refractivity contribution >= 4 is 35.2 Å². The lowest BCUT2D eigenvalue weighted by Gasteiger charge is -2.30. The number of likely N-dealkylation sites (tertiary alicyclic amines) is 1. The Hall–Kier alpha value is -2.87. The third-order valence-corrected chi connectivity index (χ3v) is 6.38. The fourth-order valence-corrected chi connectivity index (χ4v) is 4.58. The minimum Gasteiger partial charge on any atom is -0.369 e. The highest BCUT2D eigenvalue weighted by atomic mass is 32.2. The van der Waals surface area contributed by atoms with E-state index in [4.69, 9.17) is 5.73 Å². The summed E-state index contributed by atoms with van der Waals surface area (Å²) in [5, 5.41) is 0.860. The van der Waals surface area contributed by atoms with E-state index in [9.17, 15) is 14.4 Å². The first-order valence-corrected chi connectivity index (χ1v) is 10.6. The number of nitrogens with zero attached hydrogens (tertiary/aromatic N) is 3. The first kappa shape index (κ1) is 19.4. The zero-order valence-corrected chi connectivity index (χ0v) is 16.7. The smallest absolute Gasteiger partial charge is 0.253 e. The number of rotatable bonds is 4. The molecule has 3 heterocycles. The molecule has 29 heavy (non-hydrogen) atoms. The molecular weight excluding hydrogens is 388 g/mol. The first-order chi connectivity index (χ1) is 14.0. The number of benzene rings is 1. The van der Waals surface area contributed by atoms with E-state index in [0.29, 0.717) is 43.8 Å². The molecule has 1 saturated heterocycles. The number of primary amides is 1. The largest absolute Gasteiger partial charge is 0.369 e. The van der Waals surface area contributed by atoms with Gasteiger partial charge in [-0.25, -0.2) is 4.98 Å². The molecule has 7 nitrogen and oxygen atoms in total. The van der Waals surface area contributed by atoms with Crippen LogP contribution in [-0.2, 0) is 16.1 Å². The van der Waals surface area contributed by atoms with Crippen LogP contribution in [0.25, 0.3) is 0 Å². The molecular formula is C21H22N4O3S. The van der Waals surface area contributed by atoms with Crippen molar-refractivity contribution in [1.82, 2.24) is 9.88 Å². The van der Waals surface area contributed by atoms with Crippen LogP contribution in [0.1, 0.15) is 28.8 Å². The van der Waals surface area contributed by atoms with Gasteiger partial charge in [-0.3, -0.25) is 14.4 Å². The Labute approximate surface area is 173 Å². The van der Waals surface area contributed by atoms with Crippen molar-refractivity contribution in [2.75, 3.05) is 23.7 Å². The normalized spacial score (nSPS) is 17.2. The third-order valence-electron chi connectivity index (χ3n) is 5.40. The molecule has 2 aliphatic heterocycles. The van der Waals surface area contributed by atoms with Crippen molar-refractivity contribution < 1.29 is 14.4 Å². The Morgan fingerprint density at radius 2 is 1.86 bits per heavy atom. The van der Waals surface area contributed by atoms with Crippen molar-refractivity contribution in [2.24, 2.45) is 11.7 Å². The summed E-state index contributed by atoms with van der Waals surface area (Å²) in [4.78, 5) is 44.3. The number of nitrogens with two attached hydrogens (primary N) is 1. The van der Waals surface area contributed by atoms with E-state index >= 15 is 0 Å². The van der Waals surface area contributed by atoms with Crippen molar-refractivity contribution in [3.8, 4) is 0 Å². The standard InChI is InChI=1S/C21H22N4O3S/c22-19(27)15-7-10-24(11-8-15)21(28)16-5-3-14(4-6-16)12-25-17-2-1-9-23-20(17)29-13-18(25)26/h1-6,9,15H,7-8,10-13H2,(H2,22,27). The molecule has 1 aromatic carbocycles. The zero-order chi connectivity index (χ0) is 20.4. The lowest BCUT2D eigenvalue weighted by molar-refractivity contribution is -0.123. The first-order valence-electron chi connectivity index (χ1n) is 9.58. The van der Waals surface area contributed by atoms with E-state index in [1.807, 2.05) is 24.3 Å². The van der Waals surface area contributed by atoms with Gasteiger partial charge >= 0.3 is 0 Å². The van der Waals surface area contributed by atoms with E-state index in [-0.39, 0.29) is 23.6 Å². The summed E-state index contributed by atoms with van der Waals surface area (Å²) < 4.78 is 0. The minimum atomic E-state index is -0.288. The summed E-state index contributed by atoms with van der Waals surface area (Å²) in [6.07, 6.45) is 2.95. The molecule has 4 rings (SSSR count). The summed E-state index contributed by atoms with van der Waals surface area (Å²) in [6, 6.07) is 11.1. The highest BCUT2D eigenvalue weighted by Crippen LogP contribution is 2.34. The number of carbonyl (C=O) groups is 3. The molecule has 0 radical (unpaired) electrons. The van der Waals surface area contributed by atoms with Crippen LogP contribution in [-0.4, -0.2) is 46.4 Å². The molecule has 1 aromatic heterocycles. The van der Waals surface area contributed by atoms with Crippen LogP contribution in [0, 0.1) is 5.92 Å². The summed E-state index contributed by atoms with van der Waals surface area (Å²) in [5.74, 6) is -0.0441. The van der Waals surface area contributed by atoms with E-state index in [2.05, 4.69) is 4.98 Å². The van der Waals surface area contributed by atoms with Crippen molar-refractivity contribution in [1.29, 1.82) is 0 Å². The number of anilines is 1. The Kier molecular flexibility index (Phi) is 5.53. The maximum Gasteiger partial charge on any atom is 0.253 e. The molecule has 2 aliphatic rings. The predicted molar refractivity (Wildman–Crippen MR) is 110 cm³/mol. The van der Waals surface area contributed by atoms with Gasteiger partial charge in [-0.05, 0) is 42.7 Å². The number of amides is 3. The summed E-state index contributed by atoms with van der Waals surface area (Å²) in [6.45, 7) is 1.52. The molecule has 0 saturated carbocycles. The molecule has 2 aromatic rings. The van der Waals surface area contributed by atoms with E-state index < -0.39 is 0 Å². The van der Waals surface area contributed by atoms with Gasteiger partial charge in [-0.2, -0.15) is 0 Å². The van der Waals surface area contributed by atoms with Crippen LogP contribution in [0.3, 0.4) is 0 Å². The molecule has 0 atom stereocenters. The fourth-order valence-electron chi connectivity index (χ4n) is 3.70. The van der Waals surface area contributed by atoms with Gasteiger partial charge in [0.25, 0.3) is 5.91 Å². The van der Waals surface area contributed by atoms with Crippen molar-refractivity contribution in [2.45, 2.75) is 24.4 Å². The number of hydrogen-bond acceptors (Lipinski definition) is 5. The van der Waals surface area contributed by atoms with Crippen LogP contribution < -0.4 is 10.6 Å². The number of carbonyl (C=O) groups excluding carboxylic acids is 3. The number of piperidine rings is 1. The summed E-state index contributed by atoms with van der Waals surface area (Å²) in [7, 11) is 0. The van der Waals surface area contributed by atoms with Crippen LogP contribution in [0.2, 0.25) is 0 Å². The van der Waals surface area contributed by atoms with Crippen LogP contribution in [0.5, 0.6) is 0 Å². The Bertz CT molecular complexity index is 939. The number of aromatic nitrogens is 1. The second kappa shape index (κ2) is 8.24. The van der Waals surface area contributed by atoms with Gasteiger partial charge in [0.2, 0.25) is 11.8 Å². The second-order valence-corrected chi connectivity index (χ2v) is 8.23. The molecule has 150 valence electrons. The van der Waals surface area contributed by atoms with E-state index in [0.717, 1.165) is 16.3 Å². The lowest BCUT2D eigenvalue weighted by atomic mass is 9.96. The van der Waals surface area contributed by atoms with Crippen LogP contribution in [0.15, 0.2) is 47.6 Å². The third kappa shape index (κ3) is 4.12. The van der Waals surface area contributed by atoms with E-state index in [1.54, 1.807) is 28.1 Å². The number of thioether (sulfide) groups is 1. The van der Waals surface area contributed by atoms with Gasteiger partial charge < -0.3 is 15.5 Å². The van der Waals surface area contributed by atoms with Gasteiger partial charge in [-0.15, -0.1) is 0 Å². The van der Waals surface area contributed by atoms with E-state index in [1.165, 1.54) is 11.8 Å². The average Bonchev–Trinajstić information content (AvgIpc) is 2.76. The highest BCUT2D eigenvalue weighted by molar-refractivity contribution is 8.00. The minimum absolute atomic E-state index is 0.0422. The SMILES string of the molecule is NC(=O)C1CCN(C(=O)c2ccc(CN3C(=O)CSc4ncccc43)cc2)CC1. The van der Waals surface area contributed by atoms with Gasteiger partial charge in [0.05, 0.1) is 18.0 Å². The fraction of sp³-hybridized carbons (Fsp3) is 0.333. The van der Waals surface area contributed by atoms with Gasteiger partial charge in [0.15, 0.2) is 0 Å². The van der Waals surface area contributed by atoms with Crippen molar-refractivity contribution in [3.05, 3.63) is 53.7 Å². The topological polar surface area (TPSA) is 96.6 Å². The maximum atomic E-state index is 12.7. The molecule has 0 unspecified atom stereocenters. The molecule has 2 N–H and O–H groups in total. The highest BCUT2D eigenvalue weighted by Gasteiger charge is 2.27. The zero-order valence-electron chi connectivity index (χ0n) is 15.9. The Morgan fingerprint density at radius 1 is 1.14 bits per heavy atom. The number of fused-ring (bicyclic) bond motifs is 1. The lowest BCUT2D eigenvalue weighted by Crippen LogP contribution is -2.41. The predicted octanol–water partition coefficient (Wildman–Crippen LogP) is 2.06. The van der Waals surface area contributed by atoms with Gasteiger partial charge in [0, 0.05) is 30.8 Å². The summed E-state index contributed by atoms with van der Waals surface area (Å²) >= 11 is 1.45. The van der Waals surface area contributed by atoms with Crippen molar-refractivity contribution in [3.63, 3.8) is 0 Å². The molecule has 0 spiro atoms. The molecule has 1 fully saturated rings. The quantitative estimate of drug-likeness (QED) is 0.832. The second-order valence-electron chi connectivity index (χ2n) is 7.26. The molecule has 3 amide bonds. The average molecular weight is 410 g/mol. The van der Waals surface area contributed by atoms with Crippen LogP contribution in [0.4, 0.5) is 5.69 Å². The number of hydrogen-bond donors (Lipinski definition) is 1.